The number of fused-ring (bicyclic) bond motifs is 3. The molecule has 1 spiro atoms. The van der Waals surface area contributed by atoms with E-state index in [0.29, 0.717) is 5.58 Å². The van der Waals surface area contributed by atoms with Crippen LogP contribution in [0.25, 0.3) is 17.0 Å². The lowest BCUT2D eigenvalue weighted by Crippen LogP contribution is -2.34. The van der Waals surface area contributed by atoms with E-state index in [2.05, 4.69) is 12.2 Å². The third-order valence-electron chi connectivity index (χ3n) is 4.61. The van der Waals surface area contributed by atoms with Gasteiger partial charge in [0.1, 0.15) is 16.9 Å². The van der Waals surface area contributed by atoms with E-state index in [1.807, 2.05) is 12.1 Å². The molecule has 3 heteroatoms. The molecule has 2 aromatic rings. The van der Waals surface area contributed by atoms with Crippen LogP contribution in [0.5, 0.6) is 5.75 Å². The van der Waals surface area contributed by atoms with Gasteiger partial charge in [0.15, 0.2) is 0 Å². The fourth-order valence-corrected chi connectivity index (χ4v) is 3.47. The van der Waals surface area contributed by atoms with Crippen LogP contribution < -0.4 is 10.4 Å². The van der Waals surface area contributed by atoms with Gasteiger partial charge < -0.3 is 9.15 Å². The molecule has 0 radical (unpaired) electrons. The van der Waals surface area contributed by atoms with Crippen LogP contribution in [0.2, 0.25) is 0 Å². The van der Waals surface area contributed by atoms with Crippen LogP contribution in [0.3, 0.4) is 0 Å². The van der Waals surface area contributed by atoms with Gasteiger partial charge in [-0.15, -0.1) is 0 Å². The van der Waals surface area contributed by atoms with Crippen LogP contribution in [0.15, 0.2) is 39.6 Å². The molecule has 1 aliphatic heterocycles. The van der Waals surface area contributed by atoms with Crippen LogP contribution >= 0.6 is 0 Å². The Morgan fingerprint density at radius 3 is 2.52 bits per heavy atom. The van der Waals surface area contributed by atoms with Crippen LogP contribution in [0.4, 0.5) is 0 Å². The summed E-state index contributed by atoms with van der Waals surface area (Å²) >= 11 is 0. The first-order valence-corrected chi connectivity index (χ1v) is 7.71. The maximum absolute atomic E-state index is 11.5. The van der Waals surface area contributed by atoms with Crippen molar-refractivity contribution in [1.82, 2.24) is 0 Å². The molecule has 0 unspecified atom stereocenters. The van der Waals surface area contributed by atoms with Crippen LogP contribution in [0.1, 0.15) is 44.1 Å². The Kier molecular flexibility index (Phi) is 2.88. The predicted octanol–water partition coefficient (Wildman–Crippen LogP) is 4.29. The van der Waals surface area contributed by atoms with Crippen LogP contribution in [0, 0.1) is 0 Å². The van der Waals surface area contributed by atoms with Crippen molar-refractivity contribution in [2.75, 3.05) is 0 Å². The number of rotatable bonds is 0. The molecule has 2 aliphatic rings. The standard InChI is InChI=1S/C18H18O3/c19-16-8-6-13-5-7-15-14(17(13)20-16)9-12-18(21-15)10-3-1-2-4-11-18/h5-9,12H,1-4,10-11H2. The number of ether oxygens (including phenoxy) is 1. The molecule has 0 bridgehead atoms. The van der Waals surface area contributed by atoms with Crippen molar-refractivity contribution in [3.05, 3.63) is 46.3 Å². The molecule has 1 aliphatic carbocycles. The van der Waals surface area contributed by atoms with Gasteiger partial charge in [-0.3, -0.25) is 0 Å². The monoisotopic (exact) mass is 282 g/mol. The molecule has 0 amide bonds. The Bertz CT molecular complexity index is 762. The third-order valence-corrected chi connectivity index (χ3v) is 4.61. The molecule has 21 heavy (non-hydrogen) atoms. The lowest BCUT2D eigenvalue weighted by Gasteiger charge is -2.34. The molecule has 3 nitrogen and oxygen atoms in total. The Morgan fingerprint density at radius 2 is 1.71 bits per heavy atom. The van der Waals surface area contributed by atoms with E-state index < -0.39 is 0 Å². The summed E-state index contributed by atoms with van der Waals surface area (Å²) in [6.45, 7) is 0. The lowest BCUT2D eigenvalue weighted by molar-refractivity contribution is 0.100. The summed E-state index contributed by atoms with van der Waals surface area (Å²) in [5.74, 6) is 0.834. The summed E-state index contributed by atoms with van der Waals surface area (Å²) in [5, 5.41) is 0.929. The summed E-state index contributed by atoms with van der Waals surface area (Å²) in [5.41, 5.74) is 1.03. The second kappa shape index (κ2) is 4.76. The van der Waals surface area contributed by atoms with Crippen molar-refractivity contribution in [3.63, 3.8) is 0 Å². The molecule has 1 aromatic heterocycles. The van der Waals surface area contributed by atoms with E-state index in [0.717, 1.165) is 29.5 Å². The molecule has 4 rings (SSSR count). The number of hydrogen-bond acceptors (Lipinski definition) is 3. The Hall–Kier alpha value is -2.03. The van der Waals surface area contributed by atoms with Gasteiger partial charge in [0.05, 0.1) is 5.56 Å². The minimum absolute atomic E-state index is 0.160. The zero-order valence-corrected chi connectivity index (χ0v) is 11.9. The van der Waals surface area contributed by atoms with Gasteiger partial charge in [0.2, 0.25) is 0 Å². The van der Waals surface area contributed by atoms with E-state index in [-0.39, 0.29) is 11.2 Å². The number of benzene rings is 1. The lowest BCUT2D eigenvalue weighted by atomic mass is 9.90. The molecule has 2 heterocycles. The summed E-state index contributed by atoms with van der Waals surface area (Å²) < 4.78 is 11.7. The van der Waals surface area contributed by atoms with E-state index >= 15 is 0 Å². The second-order valence-electron chi connectivity index (χ2n) is 6.06. The Balaban J connectivity index is 1.82. The Morgan fingerprint density at radius 1 is 0.952 bits per heavy atom. The van der Waals surface area contributed by atoms with Crippen LogP contribution in [-0.4, -0.2) is 5.60 Å². The van der Waals surface area contributed by atoms with E-state index in [4.69, 9.17) is 9.15 Å². The highest BCUT2D eigenvalue weighted by Gasteiger charge is 2.33. The minimum atomic E-state index is -0.320. The first-order chi connectivity index (χ1) is 10.3. The Labute approximate surface area is 123 Å². The van der Waals surface area contributed by atoms with Crippen molar-refractivity contribution in [2.45, 2.75) is 44.1 Å². The van der Waals surface area contributed by atoms with Crippen molar-refractivity contribution in [1.29, 1.82) is 0 Å². The first-order valence-electron chi connectivity index (χ1n) is 7.71. The van der Waals surface area contributed by atoms with Crippen molar-refractivity contribution < 1.29 is 9.15 Å². The smallest absolute Gasteiger partial charge is 0.336 e. The highest BCUT2D eigenvalue weighted by molar-refractivity contribution is 5.89. The molecule has 1 saturated carbocycles. The predicted molar refractivity (Wildman–Crippen MR) is 82.6 cm³/mol. The maximum atomic E-state index is 11.5. The molecule has 1 aromatic carbocycles. The van der Waals surface area contributed by atoms with Gasteiger partial charge in [0.25, 0.3) is 0 Å². The second-order valence-corrected chi connectivity index (χ2v) is 6.06. The summed E-state index contributed by atoms with van der Waals surface area (Å²) in [7, 11) is 0. The van der Waals surface area contributed by atoms with Gasteiger partial charge in [-0.25, -0.2) is 4.79 Å². The highest BCUT2D eigenvalue weighted by Crippen LogP contribution is 2.41. The third kappa shape index (κ3) is 2.17. The average Bonchev–Trinajstić information content (AvgIpc) is 2.72. The highest BCUT2D eigenvalue weighted by atomic mass is 16.5. The molecule has 1 fully saturated rings. The normalized spacial score (nSPS) is 20.0. The summed E-state index contributed by atoms with van der Waals surface area (Å²) in [6.07, 6.45) is 11.4. The van der Waals surface area contributed by atoms with Gasteiger partial charge in [-0.05, 0) is 56.0 Å². The largest absolute Gasteiger partial charge is 0.482 e. The molecular formula is C18H18O3. The fraction of sp³-hybridized carbons (Fsp3) is 0.389. The maximum Gasteiger partial charge on any atom is 0.336 e. The summed E-state index contributed by atoms with van der Waals surface area (Å²) in [6, 6.07) is 7.20. The molecular weight excluding hydrogens is 264 g/mol. The van der Waals surface area contributed by atoms with Crippen molar-refractivity contribution in [2.24, 2.45) is 0 Å². The minimum Gasteiger partial charge on any atom is -0.482 e. The zero-order chi connectivity index (χ0) is 14.3. The van der Waals surface area contributed by atoms with Gasteiger partial charge in [-0.1, -0.05) is 12.8 Å². The molecule has 108 valence electrons. The van der Waals surface area contributed by atoms with Gasteiger partial charge in [-0.2, -0.15) is 0 Å². The summed E-state index contributed by atoms with van der Waals surface area (Å²) in [4.78, 5) is 11.5. The number of hydrogen-bond donors (Lipinski definition) is 0. The topological polar surface area (TPSA) is 39.4 Å². The van der Waals surface area contributed by atoms with Crippen LogP contribution in [-0.2, 0) is 0 Å². The van der Waals surface area contributed by atoms with E-state index in [1.165, 1.54) is 31.7 Å². The van der Waals surface area contributed by atoms with Crippen molar-refractivity contribution in [3.8, 4) is 5.75 Å². The molecule has 0 atom stereocenters. The average molecular weight is 282 g/mol. The molecule has 0 saturated heterocycles. The SMILES string of the molecule is O=c1ccc2ccc3c(c2o1)C=CC1(CCCCCC1)O3. The van der Waals surface area contributed by atoms with E-state index in [9.17, 15) is 4.79 Å². The molecule has 0 N–H and O–H groups in total. The quantitative estimate of drug-likeness (QED) is 0.677. The van der Waals surface area contributed by atoms with Crippen molar-refractivity contribution >= 4 is 17.0 Å². The zero-order valence-electron chi connectivity index (χ0n) is 11.9. The van der Waals surface area contributed by atoms with Gasteiger partial charge >= 0.3 is 5.63 Å². The fourth-order valence-electron chi connectivity index (χ4n) is 3.47. The van der Waals surface area contributed by atoms with E-state index in [1.54, 1.807) is 6.07 Å². The van der Waals surface area contributed by atoms with Gasteiger partial charge in [0, 0.05) is 11.5 Å². The first kappa shape index (κ1) is 12.7.